The van der Waals surface area contributed by atoms with Crippen molar-refractivity contribution in [1.82, 2.24) is 15.0 Å². The molecule has 2 aromatic carbocycles. The van der Waals surface area contributed by atoms with Crippen molar-refractivity contribution in [3.8, 4) is 22.9 Å². The van der Waals surface area contributed by atoms with E-state index in [2.05, 4.69) is 10.1 Å². The Hall–Kier alpha value is -3.95. The Kier molecular flexibility index (Phi) is 7.28. The second-order valence-electron chi connectivity index (χ2n) is 8.06. The fourth-order valence-electron chi connectivity index (χ4n) is 4.22. The van der Waals surface area contributed by atoms with Gasteiger partial charge in [-0.05, 0) is 53.9 Å². The van der Waals surface area contributed by atoms with E-state index >= 15 is 0 Å². The molecule has 1 amide bonds. The average Bonchev–Trinajstić information content (AvgIpc) is 3.36. The number of aryl methyl sites for hydroxylation is 1. The van der Waals surface area contributed by atoms with Gasteiger partial charge in [0.15, 0.2) is 11.5 Å². The van der Waals surface area contributed by atoms with Gasteiger partial charge in [0.1, 0.15) is 5.82 Å². The van der Waals surface area contributed by atoms with Crippen molar-refractivity contribution < 1.29 is 32.7 Å². The van der Waals surface area contributed by atoms with Crippen LogP contribution in [0.1, 0.15) is 35.9 Å². The molecule has 0 aliphatic carbocycles. The third-order valence-corrected chi connectivity index (χ3v) is 6.03. The lowest BCUT2D eigenvalue weighted by Crippen LogP contribution is -2.41. The molecule has 4 rings (SSSR count). The van der Waals surface area contributed by atoms with Gasteiger partial charge in [-0.15, -0.1) is 0 Å². The summed E-state index contributed by atoms with van der Waals surface area (Å²) in [6.07, 6.45) is 0.965. The fourth-order valence-corrected chi connectivity index (χ4v) is 4.22. The number of benzene rings is 2. The lowest BCUT2D eigenvalue weighted by molar-refractivity contribution is -0.144. The van der Waals surface area contributed by atoms with E-state index in [0.29, 0.717) is 41.7 Å². The van der Waals surface area contributed by atoms with Crippen LogP contribution in [0.2, 0.25) is 0 Å². The van der Waals surface area contributed by atoms with E-state index in [0.717, 1.165) is 11.1 Å². The molecular formula is C25H26FN3O6. The van der Waals surface area contributed by atoms with Crippen molar-refractivity contribution in [2.75, 3.05) is 27.9 Å². The van der Waals surface area contributed by atoms with Crippen LogP contribution in [0.5, 0.6) is 11.5 Å². The number of fused-ring (bicyclic) bond motifs is 1. The Morgan fingerprint density at radius 3 is 2.51 bits per heavy atom. The maximum atomic E-state index is 13.2. The molecule has 1 aliphatic rings. The van der Waals surface area contributed by atoms with E-state index in [1.165, 1.54) is 26.4 Å². The van der Waals surface area contributed by atoms with Crippen molar-refractivity contribution in [1.29, 1.82) is 0 Å². The van der Waals surface area contributed by atoms with E-state index in [1.807, 2.05) is 12.1 Å². The number of hydrogen-bond donors (Lipinski definition) is 0. The number of rotatable bonds is 8. The highest BCUT2D eigenvalue weighted by Crippen LogP contribution is 2.40. The van der Waals surface area contributed by atoms with Gasteiger partial charge in [0.25, 0.3) is 0 Å². The van der Waals surface area contributed by atoms with E-state index in [-0.39, 0.29) is 31.0 Å². The monoisotopic (exact) mass is 483 g/mol. The molecule has 184 valence electrons. The molecule has 35 heavy (non-hydrogen) atoms. The summed E-state index contributed by atoms with van der Waals surface area (Å²) >= 11 is 0. The zero-order valence-corrected chi connectivity index (χ0v) is 19.7. The normalized spacial score (nSPS) is 14.9. The summed E-state index contributed by atoms with van der Waals surface area (Å²) in [5.74, 6) is 0.807. The lowest BCUT2D eigenvalue weighted by atomic mass is 9.89. The number of esters is 1. The highest BCUT2D eigenvalue weighted by molar-refractivity contribution is 5.79. The van der Waals surface area contributed by atoms with Crippen molar-refractivity contribution in [2.45, 2.75) is 31.7 Å². The van der Waals surface area contributed by atoms with Gasteiger partial charge in [-0.3, -0.25) is 9.59 Å². The van der Waals surface area contributed by atoms with Crippen LogP contribution in [-0.4, -0.2) is 54.8 Å². The zero-order chi connectivity index (χ0) is 24.9. The first-order valence-electron chi connectivity index (χ1n) is 11.1. The Balaban J connectivity index is 1.51. The molecule has 1 aromatic heterocycles. The maximum Gasteiger partial charge on any atom is 0.307 e. The van der Waals surface area contributed by atoms with Crippen molar-refractivity contribution in [2.24, 2.45) is 0 Å². The molecule has 1 aliphatic heterocycles. The molecule has 1 unspecified atom stereocenters. The summed E-state index contributed by atoms with van der Waals surface area (Å²) < 4.78 is 34.2. The molecule has 0 fully saturated rings. The number of hydrogen-bond acceptors (Lipinski definition) is 8. The number of carbonyl (C=O) groups is 2. The summed E-state index contributed by atoms with van der Waals surface area (Å²) in [6.45, 7) is 0.438. The highest BCUT2D eigenvalue weighted by Gasteiger charge is 2.34. The number of methoxy groups -OCH3 is 3. The number of aromatic nitrogens is 2. The summed E-state index contributed by atoms with van der Waals surface area (Å²) in [5, 5.41) is 3.92. The van der Waals surface area contributed by atoms with Gasteiger partial charge >= 0.3 is 5.97 Å². The average molecular weight is 483 g/mol. The molecule has 0 radical (unpaired) electrons. The summed E-state index contributed by atoms with van der Waals surface area (Å²) in [6, 6.07) is 8.94. The number of nitrogens with zero attached hydrogens (tertiary/aromatic N) is 3. The highest BCUT2D eigenvalue weighted by atomic mass is 19.1. The summed E-state index contributed by atoms with van der Waals surface area (Å²) in [4.78, 5) is 31.4. The summed E-state index contributed by atoms with van der Waals surface area (Å²) in [7, 11) is 4.42. The number of halogens is 1. The predicted molar refractivity (Wildman–Crippen MR) is 122 cm³/mol. The standard InChI is InChI=1S/C25H26FN3O6/c1-32-20-12-16-10-11-29(19(14-24(31)34-3)18(16)13-21(20)33-2)23(30)9-8-22-27-25(28-35-22)15-4-6-17(26)7-5-15/h4-7,12-13,19H,8-11,14H2,1-3H3. The second kappa shape index (κ2) is 10.5. The first-order valence-corrected chi connectivity index (χ1v) is 11.1. The Morgan fingerprint density at radius 2 is 1.83 bits per heavy atom. The smallest absolute Gasteiger partial charge is 0.307 e. The van der Waals surface area contributed by atoms with Gasteiger partial charge in [-0.1, -0.05) is 5.16 Å². The first kappa shape index (κ1) is 24.2. The minimum Gasteiger partial charge on any atom is -0.493 e. The van der Waals surface area contributed by atoms with Crippen LogP contribution in [0, 0.1) is 5.82 Å². The molecule has 0 N–H and O–H groups in total. The lowest BCUT2D eigenvalue weighted by Gasteiger charge is -2.37. The Morgan fingerprint density at radius 1 is 1.11 bits per heavy atom. The van der Waals surface area contributed by atoms with Crippen molar-refractivity contribution >= 4 is 11.9 Å². The number of ether oxygens (including phenoxy) is 3. The third-order valence-electron chi connectivity index (χ3n) is 6.03. The molecule has 0 spiro atoms. The van der Waals surface area contributed by atoms with Crippen molar-refractivity contribution in [3.05, 3.63) is 59.2 Å². The molecular weight excluding hydrogens is 457 g/mol. The Labute approximate surface area is 201 Å². The molecule has 10 heteroatoms. The van der Waals surface area contributed by atoms with Gasteiger partial charge in [-0.25, -0.2) is 4.39 Å². The van der Waals surface area contributed by atoms with Crippen LogP contribution in [0.4, 0.5) is 4.39 Å². The largest absolute Gasteiger partial charge is 0.493 e. The van der Waals surface area contributed by atoms with Gasteiger partial charge < -0.3 is 23.6 Å². The predicted octanol–water partition coefficient (Wildman–Crippen LogP) is 3.51. The van der Waals surface area contributed by atoms with Crippen LogP contribution in [-0.2, 0) is 27.2 Å². The molecule has 0 saturated carbocycles. The number of amides is 1. The molecule has 2 heterocycles. The van der Waals surface area contributed by atoms with Crippen LogP contribution in [0.25, 0.3) is 11.4 Å². The minimum atomic E-state index is -0.504. The Bertz CT molecular complexity index is 1210. The van der Waals surface area contributed by atoms with Gasteiger partial charge in [-0.2, -0.15) is 4.98 Å². The van der Waals surface area contributed by atoms with Gasteiger partial charge in [0, 0.05) is 24.9 Å². The van der Waals surface area contributed by atoms with E-state index in [1.54, 1.807) is 24.1 Å². The van der Waals surface area contributed by atoms with Crippen LogP contribution < -0.4 is 9.47 Å². The number of carbonyl (C=O) groups excluding carboxylic acids is 2. The molecule has 9 nitrogen and oxygen atoms in total. The molecule has 1 atom stereocenters. The third kappa shape index (κ3) is 5.26. The van der Waals surface area contributed by atoms with E-state index in [9.17, 15) is 14.0 Å². The SMILES string of the molecule is COC(=O)CC1c2cc(OC)c(OC)cc2CCN1C(=O)CCc1nc(-c2ccc(F)cc2)no1. The van der Waals surface area contributed by atoms with Crippen LogP contribution in [0.3, 0.4) is 0 Å². The second-order valence-corrected chi connectivity index (χ2v) is 8.06. The van der Waals surface area contributed by atoms with E-state index < -0.39 is 12.0 Å². The molecule has 0 bridgehead atoms. The van der Waals surface area contributed by atoms with Crippen LogP contribution in [0.15, 0.2) is 40.9 Å². The quantitative estimate of drug-likeness (QED) is 0.449. The molecule has 0 saturated heterocycles. The zero-order valence-electron chi connectivity index (χ0n) is 19.7. The molecule has 3 aromatic rings. The maximum absolute atomic E-state index is 13.2. The van der Waals surface area contributed by atoms with Crippen LogP contribution >= 0.6 is 0 Å². The van der Waals surface area contributed by atoms with Gasteiger partial charge in [0.05, 0.1) is 33.8 Å². The minimum absolute atomic E-state index is 0.0139. The topological polar surface area (TPSA) is 104 Å². The fraction of sp³-hybridized carbons (Fsp3) is 0.360. The van der Waals surface area contributed by atoms with Crippen molar-refractivity contribution in [3.63, 3.8) is 0 Å². The summed E-state index contributed by atoms with van der Waals surface area (Å²) in [5.41, 5.74) is 2.42. The van der Waals surface area contributed by atoms with Gasteiger partial charge in [0.2, 0.25) is 17.6 Å². The first-order chi connectivity index (χ1) is 16.9. The van der Waals surface area contributed by atoms with E-state index in [4.69, 9.17) is 18.7 Å².